The Morgan fingerprint density at radius 3 is 2.55 bits per heavy atom. The van der Waals surface area contributed by atoms with Crippen molar-refractivity contribution in [3.05, 3.63) is 52.5 Å². The van der Waals surface area contributed by atoms with Gasteiger partial charge in [-0.05, 0) is 36.4 Å². The van der Waals surface area contributed by atoms with Crippen LogP contribution < -0.4 is 16.8 Å². The minimum atomic E-state index is -0.572. The number of rotatable bonds is 3. The van der Waals surface area contributed by atoms with Gasteiger partial charge in [-0.25, -0.2) is 0 Å². The number of carbonyl (C=O) groups excluding carboxylic acids is 1. The van der Waals surface area contributed by atoms with E-state index in [9.17, 15) is 4.79 Å². The average Bonchev–Trinajstić information content (AvgIpc) is 2.40. The van der Waals surface area contributed by atoms with Gasteiger partial charge in [-0.15, -0.1) is 0 Å². The first kappa shape index (κ1) is 13.7. The Morgan fingerprint density at radius 1 is 1.20 bits per heavy atom. The third kappa shape index (κ3) is 2.82. The molecule has 0 aliphatic heterocycles. The largest absolute Gasteiger partial charge is 0.399 e. The van der Waals surface area contributed by atoms with E-state index < -0.39 is 5.91 Å². The van der Waals surface area contributed by atoms with Crippen LogP contribution in [0.25, 0.3) is 0 Å². The molecule has 0 fully saturated rings. The summed E-state index contributed by atoms with van der Waals surface area (Å²) in [6.45, 7) is 0. The maximum Gasteiger partial charge on any atom is 0.250 e. The van der Waals surface area contributed by atoms with E-state index in [1.54, 1.807) is 24.3 Å². The second-order valence-electron chi connectivity index (χ2n) is 4.10. The van der Waals surface area contributed by atoms with Gasteiger partial charge in [-0.2, -0.15) is 5.26 Å². The van der Waals surface area contributed by atoms with Gasteiger partial charge in [0.25, 0.3) is 5.91 Å². The molecule has 0 heterocycles. The van der Waals surface area contributed by atoms with Gasteiger partial charge in [0, 0.05) is 5.69 Å². The first-order valence-corrected chi connectivity index (χ1v) is 6.05. The Balaban J connectivity index is 2.42. The standard InChI is InChI=1S/C14H11ClN4O/c15-11-5-8(7-16)1-4-12(11)19-13-6-9(17)2-3-10(13)14(18)20/h1-6,19H,17H2,(H2,18,20). The zero-order valence-corrected chi connectivity index (χ0v) is 11.1. The van der Waals surface area contributed by atoms with Gasteiger partial charge < -0.3 is 16.8 Å². The molecular weight excluding hydrogens is 276 g/mol. The normalized spacial score (nSPS) is 9.80. The quantitative estimate of drug-likeness (QED) is 0.754. The molecule has 0 saturated carbocycles. The first-order chi connectivity index (χ1) is 9.51. The summed E-state index contributed by atoms with van der Waals surface area (Å²) in [7, 11) is 0. The van der Waals surface area contributed by atoms with Crippen LogP contribution in [-0.2, 0) is 0 Å². The average molecular weight is 287 g/mol. The molecule has 1 amide bonds. The number of nitrogen functional groups attached to an aromatic ring is 1. The molecule has 0 spiro atoms. The number of nitriles is 1. The fraction of sp³-hybridized carbons (Fsp3) is 0. The van der Waals surface area contributed by atoms with Crippen molar-refractivity contribution in [2.45, 2.75) is 0 Å². The van der Waals surface area contributed by atoms with Crippen molar-refractivity contribution >= 4 is 34.6 Å². The fourth-order valence-corrected chi connectivity index (χ4v) is 1.94. The number of nitrogens with two attached hydrogens (primary N) is 2. The zero-order chi connectivity index (χ0) is 14.7. The van der Waals surface area contributed by atoms with Gasteiger partial charge in [0.15, 0.2) is 0 Å². The smallest absolute Gasteiger partial charge is 0.250 e. The van der Waals surface area contributed by atoms with Crippen molar-refractivity contribution < 1.29 is 4.79 Å². The molecule has 20 heavy (non-hydrogen) atoms. The second kappa shape index (κ2) is 5.51. The highest BCUT2D eigenvalue weighted by molar-refractivity contribution is 6.33. The SMILES string of the molecule is N#Cc1ccc(Nc2cc(N)ccc2C(N)=O)c(Cl)c1. The molecule has 6 heteroatoms. The Morgan fingerprint density at radius 2 is 1.95 bits per heavy atom. The highest BCUT2D eigenvalue weighted by Gasteiger charge is 2.10. The fourth-order valence-electron chi connectivity index (χ4n) is 1.71. The number of anilines is 3. The lowest BCUT2D eigenvalue weighted by Gasteiger charge is -2.12. The molecule has 0 radical (unpaired) electrons. The summed E-state index contributed by atoms with van der Waals surface area (Å²) in [4.78, 5) is 11.4. The number of halogens is 1. The lowest BCUT2D eigenvalue weighted by Crippen LogP contribution is -2.13. The van der Waals surface area contributed by atoms with E-state index in [1.807, 2.05) is 6.07 Å². The van der Waals surface area contributed by atoms with E-state index in [1.165, 1.54) is 12.1 Å². The van der Waals surface area contributed by atoms with E-state index in [0.29, 0.717) is 33.2 Å². The molecule has 2 aromatic carbocycles. The van der Waals surface area contributed by atoms with E-state index in [-0.39, 0.29) is 0 Å². The van der Waals surface area contributed by atoms with Gasteiger partial charge in [0.05, 0.1) is 33.6 Å². The Bertz CT molecular complexity index is 722. The van der Waals surface area contributed by atoms with Crippen LogP contribution >= 0.6 is 11.6 Å². The monoisotopic (exact) mass is 286 g/mol. The van der Waals surface area contributed by atoms with E-state index >= 15 is 0 Å². The lowest BCUT2D eigenvalue weighted by atomic mass is 10.1. The highest BCUT2D eigenvalue weighted by Crippen LogP contribution is 2.29. The lowest BCUT2D eigenvalue weighted by molar-refractivity contribution is 0.100. The molecule has 2 rings (SSSR count). The van der Waals surface area contributed by atoms with Crippen molar-refractivity contribution in [3.63, 3.8) is 0 Å². The summed E-state index contributed by atoms with van der Waals surface area (Å²) >= 11 is 6.07. The van der Waals surface area contributed by atoms with Gasteiger partial charge in [-0.3, -0.25) is 4.79 Å². The minimum Gasteiger partial charge on any atom is -0.399 e. The third-order valence-corrected chi connectivity index (χ3v) is 2.99. The van der Waals surface area contributed by atoms with Crippen molar-refractivity contribution in [3.8, 4) is 6.07 Å². The number of nitrogens with zero attached hydrogens (tertiary/aromatic N) is 1. The first-order valence-electron chi connectivity index (χ1n) is 5.67. The summed E-state index contributed by atoms with van der Waals surface area (Å²) in [6.07, 6.45) is 0. The van der Waals surface area contributed by atoms with Gasteiger partial charge >= 0.3 is 0 Å². The van der Waals surface area contributed by atoms with Crippen LogP contribution in [0.15, 0.2) is 36.4 Å². The number of carbonyl (C=O) groups is 1. The molecule has 5 nitrogen and oxygen atoms in total. The van der Waals surface area contributed by atoms with Crippen LogP contribution in [0, 0.1) is 11.3 Å². The van der Waals surface area contributed by atoms with Crippen LogP contribution in [0.1, 0.15) is 15.9 Å². The minimum absolute atomic E-state index is 0.305. The number of primary amides is 1. The Kier molecular flexibility index (Phi) is 3.78. The van der Waals surface area contributed by atoms with E-state index in [4.69, 9.17) is 28.3 Å². The highest BCUT2D eigenvalue weighted by atomic mass is 35.5. The molecule has 100 valence electrons. The van der Waals surface area contributed by atoms with E-state index in [2.05, 4.69) is 5.32 Å². The van der Waals surface area contributed by atoms with Gasteiger partial charge in [0.2, 0.25) is 0 Å². The molecule has 0 aliphatic carbocycles. The number of amides is 1. The summed E-state index contributed by atoms with van der Waals surface area (Å²) < 4.78 is 0. The van der Waals surface area contributed by atoms with Crippen molar-refractivity contribution in [2.75, 3.05) is 11.1 Å². The molecule has 0 bridgehead atoms. The van der Waals surface area contributed by atoms with Crippen LogP contribution in [0.2, 0.25) is 5.02 Å². The summed E-state index contributed by atoms with van der Waals surface area (Å²) in [6, 6.07) is 11.5. The number of hydrogen-bond acceptors (Lipinski definition) is 4. The summed E-state index contributed by atoms with van der Waals surface area (Å²) in [5.41, 5.74) is 13.3. The maximum atomic E-state index is 11.4. The molecule has 0 aliphatic rings. The number of nitrogens with one attached hydrogen (secondary N) is 1. The van der Waals surface area contributed by atoms with Crippen LogP contribution in [-0.4, -0.2) is 5.91 Å². The molecule has 0 unspecified atom stereocenters. The predicted octanol–water partition coefficient (Wildman–Crippen LogP) is 2.64. The molecule has 0 aromatic heterocycles. The summed E-state index contributed by atoms with van der Waals surface area (Å²) in [5.74, 6) is -0.572. The third-order valence-electron chi connectivity index (χ3n) is 2.68. The number of benzene rings is 2. The Labute approximate surface area is 120 Å². The van der Waals surface area contributed by atoms with Gasteiger partial charge in [0.1, 0.15) is 0 Å². The van der Waals surface area contributed by atoms with Crippen LogP contribution in [0.5, 0.6) is 0 Å². The molecule has 2 aromatic rings. The van der Waals surface area contributed by atoms with Crippen LogP contribution in [0.4, 0.5) is 17.1 Å². The van der Waals surface area contributed by atoms with Crippen molar-refractivity contribution in [2.24, 2.45) is 5.73 Å². The van der Waals surface area contributed by atoms with Crippen molar-refractivity contribution in [1.82, 2.24) is 0 Å². The van der Waals surface area contributed by atoms with Crippen LogP contribution in [0.3, 0.4) is 0 Å². The molecule has 5 N–H and O–H groups in total. The van der Waals surface area contributed by atoms with E-state index in [0.717, 1.165) is 0 Å². The van der Waals surface area contributed by atoms with Crippen molar-refractivity contribution in [1.29, 1.82) is 5.26 Å². The zero-order valence-electron chi connectivity index (χ0n) is 10.4. The number of hydrogen-bond donors (Lipinski definition) is 3. The molecule has 0 saturated heterocycles. The molecule has 0 atom stereocenters. The topological polar surface area (TPSA) is 105 Å². The molecular formula is C14H11ClN4O. The van der Waals surface area contributed by atoms with Gasteiger partial charge in [-0.1, -0.05) is 11.6 Å². The second-order valence-corrected chi connectivity index (χ2v) is 4.51. The maximum absolute atomic E-state index is 11.4. The summed E-state index contributed by atoms with van der Waals surface area (Å²) in [5, 5.41) is 12.1. The Hall–Kier alpha value is -2.71. The predicted molar refractivity (Wildman–Crippen MR) is 78.8 cm³/mol.